The first-order chi connectivity index (χ1) is 8.63. The van der Waals surface area contributed by atoms with E-state index < -0.39 is 0 Å². The van der Waals surface area contributed by atoms with Gasteiger partial charge in [-0.3, -0.25) is 10.1 Å². The van der Waals surface area contributed by atoms with E-state index >= 15 is 0 Å². The number of hydrogen-bond donors (Lipinski definition) is 2. The van der Waals surface area contributed by atoms with Crippen LogP contribution in [0, 0.1) is 0 Å². The van der Waals surface area contributed by atoms with Gasteiger partial charge in [-0.15, -0.1) is 0 Å². The molecule has 0 aliphatic heterocycles. The van der Waals surface area contributed by atoms with Crippen molar-refractivity contribution in [3.05, 3.63) is 35.0 Å². The predicted octanol–water partition coefficient (Wildman–Crippen LogP) is 2.47. The SMILES string of the molecule is COC(=O)C(C)NCc1[nH]c2ccccc2c1Cl. The Morgan fingerprint density at radius 2 is 2.22 bits per heavy atom. The highest BCUT2D eigenvalue weighted by Crippen LogP contribution is 2.26. The minimum Gasteiger partial charge on any atom is -0.468 e. The first-order valence-electron chi connectivity index (χ1n) is 5.69. The van der Waals surface area contributed by atoms with Crippen molar-refractivity contribution in [2.75, 3.05) is 7.11 Å². The van der Waals surface area contributed by atoms with Gasteiger partial charge in [0.2, 0.25) is 0 Å². The van der Waals surface area contributed by atoms with E-state index in [9.17, 15) is 4.79 Å². The lowest BCUT2D eigenvalue weighted by Gasteiger charge is -2.10. The molecule has 0 amide bonds. The molecule has 96 valence electrons. The van der Waals surface area contributed by atoms with Crippen LogP contribution >= 0.6 is 11.6 Å². The molecule has 0 radical (unpaired) electrons. The molecule has 1 atom stereocenters. The lowest BCUT2D eigenvalue weighted by atomic mass is 10.2. The normalized spacial score (nSPS) is 12.6. The van der Waals surface area contributed by atoms with E-state index in [1.165, 1.54) is 7.11 Å². The van der Waals surface area contributed by atoms with Gasteiger partial charge in [-0.1, -0.05) is 29.8 Å². The van der Waals surface area contributed by atoms with E-state index in [-0.39, 0.29) is 12.0 Å². The van der Waals surface area contributed by atoms with Gasteiger partial charge in [-0.05, 0) is 13.0 Å². The molecule has 0 saturated carbocycles. The molecule has 0 aliphatic rings. The summed E-state index contributed by atoms with van der Waals surface area (Å²) in [6.07, 6.45) is 0. The Bertz CT molecular complexity index is 565. The average molecular weight is 267 g/mol. The van der Waals surface area contributed by atoms with Crippen molar-refractivity contribution in [3.8, 4) is 0 Å². The van der Waals surface area contributed by atoms with E-state index in [4.69, 9.17) is 11.6 Å². The molecule has 0 bridgehead atoms. The number of aromatic nitrogens is 1. The second-order valence-electron chi connectivity index (χ2n) is 4.09. The third-order valence-electron chi connectivity index (χ3n) is 2.85. The van der Waals surface area contributed by atoms with E-state index in [0.29, 0.717) is 11.6 Å². The fourth-order valence-corrected chi connectivity index (χ4v) is 2.08. The smallest absolute Gasteiger partial charge is 0.322 e. The summed E-state index contributed by atoms with van der Waals surface area (Å²) in [6, 6.07) is 7.45. The van der Waals surface area contributed by atoms with Crippen LogP contribution < -0.4 is 5.32 Å². The number of methoxy groups -OCH3 is 1. The highest BCUT2D eigenvalue weighted by atomic mass is 35.5. The van der Waals surface area contributed by atoms with Crippen molar-refractivity contribution in [1.29, 1.82) is 0 Å². The van der Waals surface area contributed by atoms with Crippen LogP contribution in [0.5, 0.6) is 0 Å². The Morgan fingerprint density at radius 1 is 1.50 bits per heavy atom. The van der Waals surface area contributed by atoms with Crippen LogP contribution in [0.3, 0.4) is 0 Å². The average Bonchev–Trinajstić information content (AvgIpc) is 2.72. The molecule has 1 unspecified atom stereocenters. The van der Waals surface area contributed by atoms with E-state index in [1.807, 2.05) is 24.3 Å². The van der Waals surface area contributed by atoms with Gasteiger partial charge in [0, 0.05) is 23.1 Å². The number of halogens is 1. The maximum Gasteiger partial charge on any atom is 0.322 e. The van der Waals surface area contributed by atoms with Crippen molar-refractivity contribution in [2.45, 2.75) is 19.5 Å². The van der Waals surface area contributed by atoms with E-state index in [1.54, 1.807) is 6.92 Å². The summed E-state index contributed by atoms with van der Waals surface area (Å²) in [5, 5.41) is 4.74. The molecule has 2 rings (SSSR count). The minimum atomic E-state index is -0.363. The van der Waals surface area contributed by atoms with Crippen molar-refractivity contribution < 1.29 is 9.53 Å². The van der Waals surface area contributed by atoms with E-state index in [0.717, 1.165) is 16.6 Å². The number of para-hydroxylation sites is 1. The molecule has 0 fully saturated rings. The number of aromatic amines is 1. The third-order valence-corrected chi connectivity index (χ3v) is 3.29. The van der Waals surface area contributed by atoms with Crippen molar-refractivity contribution in [1.82, 2.24) is 10.3 Å². The molecular formula is C13H15ClN2O2. The fourth-order valence-electron chi connectivity index (χ4n) is 1.80. The van der Waals surface area contributed by atoms with Gasteiger partial charge in [0.15, 0.2) is 0 Å². The number of nitrogens with one attached hydrogen (secondary N) is 2. The predicted molar refractivity (Wildman–Crippen MR) is 71.6 cm³/mol. The van der Waals surface area contributed by atoms with E-state index in [2.05, 4.69) is 15.0 Å². The molecule has 4 nitrogen and oxygen atoms in total. The summed E-state index contributed by atoms with van der Waals surface area (Å²) in [5.74, 6) is -0.290. The van der Waals surface area contributed by atoms with Gasteiger partial charge in [0.25, 0.3) is 0 Å². The summed E-state index contributed by atoms with van der Waals surface area (Å²) in [7, 11) is 1.37. The minimum absolute atomic E-state index is 0.290. The maximum absolute atomic E-state index is 11.3. The van der Waals surface area contributed by atoms with Gasteiger partial charge < -0.3 is 9.72 Å². The molecular weight excluding hydrogens is 252 g/mol. The number of rotatable bonds is 4. The quantitative estimate of drug-likeness (QED) is 0.836. The van der Waals surface area contributed by atoms with Crippen molar-refractivity contribution >= 4 is 28.5 Å². The monoisotopic (exact) mass is 266 g/mol. The molecule has 1 aromatic carbocycles. The Labute approximate surface area is 110 Å². The molecule has 2 N–H and O–H groups in total. The first-order valence-corrected chi connectivity index (χ1v) is 6.07. The molecule has 5 heteroatoms. The Balaban J connectivity index is 2.13. The lowest BCUT2D eigenvalue weighted by molar-refractivity contribution is -0.142. The zero-order valence-corrected chi connectivity index (χ0v) is 11.0. The van der Waals surface area contributed by atoms with Gasteiger partial charge in [-0.25, -0.2) is 0 Å². The second kappa shape index (κ2) is 5.42. The Kier molecular flexibility index (Phi) is 3.89. The second-order valence-corrected chi connectivity index (χ2v) is 4.47. The molecule has 1 heterocycles. The van der Waals surface area contributed by atoms with Crippen LogP contribution in [-0.4, -0.2) is 24.1 Å². The number of benzene rings is 1. The van der Waals surface area contributed by atoms with Crippen LogP contribution in [0.15, 0.2) is 24.3 Å². The number of ether oxygens (including phenoxy) is 1. The van der Waals surface area contributed by atoms with Crippen LogP contribution in [0.2, 0.25) is 5.02 Å². The highest BCUT2D eigenvalue weighted by molar-refractivity contribution is 6.36. The standard InChI is InChI=1S/C13H15ClN2O2/c1-8(13(17)18-2)15-7-11-12(14)9-5-3-4-6-10(9)16-11/h3-6,8,15-16H,7H2,1-2H3. The summed E-state index contributed by atoms with van der Waals surface area (Å²) < 4.78 is 4.64. The molecule has 0 spiro atoms. The number of esters is 1. The molecule has 1 aromatic heterocycles. The molecule has 18 heavy (non-hydrogen) atoms. The van der Waals surface area contributed by atoms with Crippen LogP contribution in [0.25, 0.3) is 10.9 Å². The summed E-state index contributed by atoms with van der Waals surface area (Å²) in [5.41, 5.74) is 1.86. The summed E-state index contributed by atoms with van der Waals surface area (Å²) in [4.78, 5) is 14.5. The number of fused-ring (bicyclic) bond motifs is 1. The molecule has 2 aromatic rings. The number of hydrogen-bond acceptors (Lipinski definition) is 3. The van der Waals surface area contributed by atoms with Crippen molar-refractivity contribution in [2.24, 2.45) is 0 Å². The highest BCUT2D eigenvalue weighted by Gasteiger charge is 2.14. The third kappa shape index (κ3) is 2.49. The Morgan fingerprint density at radius 3 is 2.89 bits per heavy atom. The Hall–Kier alpha value is -1.52. The van der Waals surface area contributed by atoms with Gasteiger partial charge in [0.05, 0.1) is 12.1 Å². The number of carbonyl (C=O) groups is 1. The first kappa shape index (κ1) is 12.9. The topological polar surface area (TPSA) is 54.1 Å². The zero-order chi connectivity index (χ0) is 13.1. The maximum atomic E-state index is 11.3. The van der Waals surface area contributed by atoms with Gasteiger partial charge in [-0.2, -0.15) is 0 Å². The fraction of sp³-hybridized carbons (Fsp3) is 0.308. The summed E-state index contributed by atoms with van der Waals surface area (Å²) in [6.45, 7) is 2.24. The van der Waals surface area contributed by atoms with Crippen LogP contribution in [0.4, 0.5) is 0 Å². The number of H-pyrrole nitrogens is 1. The number of carbonyl (C=O) groups excluding carboxylic acids is 1. The van der Waals surface area contributed by atoms with Crippen LogP contribution in [0.1, 0.15) is 12.6 Å². The molecule has 0 aliphatic carbocycles. The van der Waals surface area contributed by atoms with Crippen molar-refractivity contribution in [3.63, 3.8) is 0 Å². The summed E-state index contributed by atoms with van der Waals surface area (Å²) >= 11 is 6.27. The lowest BCUT2D eigenvalue weighted by Crippen LogP contribution is -2.34. The van der Waals surface area contributed by atoms with Crippen LogP contribution in [-0.2, 0) is 16.1 Å². The zero-order valence-electron chi connectivity index (χ0n) is 10.3. The molecule has 0 saturated heterocycles. The largest absolute Gasteiger partial charge is 0.468 e. The van der Waals surface area contributed by atoms with Gasteiger partial charge in [0.1, 0.15) is 6.04 Å². The van der Waals surface area contributed by atoms with Gasteiger partial charge >= 0.3 is 5.97 Å².